The Balaban J connectivity index is 1.52. The lowest BCUT2D eigenvalue weighted by molar-refractivity contribution is -0.113. The lowest BCUT2D eigenvalue weighted by Crippen LogP contribution is -2.14. The Morgan fingerprint density at radius 2 is 1.93 bits per heavy atom. The van der Waals surface area contributed by atoms with Gasteiger partial charge in [0.25, 0.3) is 0 Å². The summed E-state index contributed by atoms with van der Waals surface area (Å²) in [6, 6.07) is 13.6. The van der Waals surface area contributed by atoms with Crippen LogP contribution in [0.2, 0.25) is 0 Å². The van der Waals surface area contributed by atoms with E-state index < -0.39 is 0 Å². The highest BCUT2D eigenvalue weighted by Gasteiger charge is 2.12. The highest BCUT2D eigenvalue weighted by molar-refractivity contribution is 9.10. The number of carbonyl (C=O) groups excluding carboxylic acids is 1. The van der Waals surface area contributed by atoms with Gasteiger partial charge in [-0.1, -0.05) is 45.4 Å². The summed E-state index contributed by atoms with van der Waals surface area (Å²) >= 11 is 4.79. The topological polar surface area (TPSA) is 69.0 Å². The molecule has 1 aromatic heterocycles. The summed E-state index contributed by atoms with van der Waals surface area (Å²) in [6.45, 7) is 4.33. The molecule has 0 aliphatic carbocycles. The number of rotatable bonds is 7. The van der Waals surface area contributed by atoms with Crippen molar-refractivity contribution in [3.63, 3.8) is 0 Å². The first-order chi connectivity index (χ1) is 13.4. The molecule has 0 unspecified atom stereocenters. The van der Waals surface area contributed by atoms with E-state index in [1.165, 1.54) is 17.3 Å². The second kappa shape index (κ2) is 9.25. The van der Waals surface area contributed by atoms with Crippen LogP contribution in [0.25, 0.3) is 0 Å². The van der Waals surface area contributed by atoms with Crippen molar-refractivity contribution in [1.29, 1.82) is 0 Å². The van der Waals surface area contributed by atoms with Gasteiger partial charge in [-0.15, -0.1) is 10.2 Å². The largest absolute Gasteiger partial charge is 0.486 e. The second-order valence-corrected chi connectivity index (χ2v) is 8.16. The fourth-order valence-electron chi connectivity index (χ4n) is 2.43. The molecule has 0 bridgehead atoms. The third-order valence-electron chi connectivity index (χ3n) is 4.09. The van der Waals surface area contributed by atoms with Crippen molar-refractivity contribution in [3.05, 3.63) is 63.9 Å². The van der Waals surface area contributed by atoms with E-state index in [1.54, 1.807) is 0 Å². The number of hydrogen-bond donors (Lipinski definition) is 1. The van der Waals surface area contributed by atoms with Crippen LogP contribution in [0.5, 0.6) is 5.75 Å². The number of aromatic nitrogens is 3. The van der Waals surface area contributed by atoms with Gasteiger partial charge in [0.05, 0.1) is 5.75 Å². The average molecular weight is 461 g/mol. The van der Waals surface area contributed by atoms with Gasteiger partial charge in [-0.2, -0.15) is 0 Å². The number of anilines is 1. The molecule has 0 saturated carbocycles. The van der Waals surface area contributed by atoms with Crippen molar-refractivity contribution >= 4 is 39.3 Å². The van der Waals surface area contributed by atoms with Crippen LogP contribution in [0.4, 0.5) is 5.69 Å². The van der Waals surface area contributed by atoms with Gasteiger partial charge in [0.2, 0.25) is 5.91 Å². The lowest BCUT2D eigenvalue weighted by atomic mass is 10.2. The summed E-state index contributed by atoms with van der Waals surface area (Å²) in [5.74, 6) is 1.64. The highest BCUT2D eigenvalue weighted by Crippen LogP contribution is 2.21. The maximum atomic E-state index is 12.2. The maximum Gasteiger partial charge on any atom is 0.234 e. The predicted molar refractivity (Wildman–Crippen MR) is 115 cm³/mol. The van der Waals surface area contributed by atoms with Crippen LogP contribution >= 0.6 is 27.7 Å². The number of halogens is 1. The Bertz CT molecular complexity index is 973. The Kier molecular flexibility index (Phi) is 6.74. The normalized spacial score (nSPS) is 10.7. The fraction of sp³-hybridized carbons (Fsp3) is 0.250. The van der Waals surface area contributed by atoms with E-state index in [2.05, 4.69) is 31.4 Å². The quantitative estimate of drug-likeness (QED) is 0.525. The number of hydrogen-bond acceptors (Lipinski definition) is 5. The Morgan fingerprint density at radius 1 is 1.18 bits per heavy atom. The number of amides is 1. The van der Waals surface area contributed by atoms with Crippen molar-refractivity contribution in [2.75, 3.05) is 11.1 Å². The van der Waals surface area contributed by atoms with Crippen LogP contribution in [0, 0.1) is 13.8 Å². The lowest BCUT2D eigenvalue weighted by Gasteiger charge is -2.08. The van der Waals surface area contributed by atoms with Gasteiger partial charge in [0.1, 0.15) is 12.4 Å². The summed E-state index contributed by atoms with van der Waals surface area (Å²) in [7, 11) is 1.87. The van der Waals surface area contributed by atoms with Crippen molar-refractivity contribution in [2.45, 2.75) is 25.6 Å². The molecule has 0 saturated heterocycles. The molecule has 0 aliphatic heterocycles. The van der Waals surface area contributed by atoms with E-state index in [4.69, 9.17) is 4.74 Å². The van der Waals surface area contributed by atoms with Crippen LogP contribution < -0.4 is 10.1 Å². The smallest absolute Gasteiger partial charge is 0.234 e. The zero-order valence-corrected chi connectivity index (χ0v) is 18.3. The molecule has 0 spiro atoms. The van der Waals surface area contributed by atoms with E-state index in [-0.39, 0.29) is 11.7 Å². The molecule has 1 amide bonds. The zero-order chi connectivity index (χ0) is 20.1. The molecule has 8 heteroatoms. The first-order valence-electron chi connectivity index (χ1n) is 8.69. The third-order valence-corrected chi connectivity index (χ3v) is 6.00. The van der Waals surface area contributed by atoms with Crippen LogP contribution in [0.15, 0.2) is 52.1 Å². The molecule has 2 aromatic carbocycles. The van der Waals surface area contributed by atoms with Crippen molar-refractivity contribution in [1.82, 2.24) is 14.8 Å². The number of ether oxygens (including phenoxy) is 1. The number of nitrogens with zero attached hydrogens (tertiary/aromatic N) is 3. The van der Waals surface area contributed by atoms with E-state index >= 15 is 0 Å². The first-order valence-corrected chi connectivity index (χ1v) is 10.5. The number of aryl methyl sites for hydroxylation is 2. The summed E-state index contributed by atoms with van der Waals surface area (Å²) in [6.07, 6.45) is 0. The van der Waals surface area contributed by atoms with E-state index in [9.17, 15) is 4.79 Å². The van der Waals surface area contributed by atoms with Gasteiger partial charge in [0.15, 0.2) is 11.0 Å². The minimum Gasteiger partial charge on any atom is -0.486 e. The molecule has 0 atom stereocenters. The summed E-state index contributed by atoms with van der Waals surface area (Å²) in [5.41, 5.74) is 3.02. The molecule has 3 aromatic rings. The number of carbonyl (C=O) groups is 1. The van der Waals surface area contributed by atoms with Gasteiger partial charge in [-0.3, -0.25) is 4.79 Å². The Hall–Kier alpha value is -2.32. The summed E-state index contributed by atoms with van der Waals surface area (Å²) in [4.78, 5) is 12.2. The van der Waals surface area contributed by atoms with Gasteiger partial charge >= 0.3 is 0 Å². The van der Waals surface area contributed by atoms with Gasteiger partial charge < -0.3 is 14.6 Å². The summed E-state index contributed by atoms with van der Waals surface area (Å²) < 4.78 is 8.61. The monoisotopic (exact) mass is 460 g/mol. The van der Waals surface area contributed by atoms with Gasteiger partial charge in [0, 0.05) is 17.2 Å². The van der Waals surface area contributed by atoms with Crippen molar-refractivity contribution < 1.29 is 9.53 Å². The average Bonchev–Trinajstić information content (AvgIpc) is 3.02. The molecule has 146 valence electrons. The Morgan fingerprint density at radius 3 is 2.64 bits per heavy atom. The molecular formula is C20H21BrN4O2S. The molecule has 1 N–H and O–H groups in total. The molecular weight excluding hydrogens is 440 g/mol. The molecule has 28 heavy (non-hydrogen) atoms. The minimum absolute atomic E-state index is 0.0906. The third kappa shape index (κ3) is 5.36. The van der Waals surface area contributed by atoms with Crippen LogP contribution in [-0.2, 0) is 18.4 Å². The predicted octanol–water partition coefficient (Wildman–Crippen LogP) is 4.50. The number of thioether (sulfide) groups is 1. The SMILES string of the molecule is Cc1ccc(OCc2nnc(SCC(=O)Nc3ccc(Br)c(C)c3)n2C)cc1. The van der Waals surface area contributed by atoms with Crippen LogP contribution in [-0.4, -0.2) is 26.4 Å². The maximum absolute atomic E-state index is 12.2. The first kappa shape index (κ1) is 20.4. The number of nitrogens with one attached hydrogen (secondary N) is 1. The van der Waals surface area contributed by atoms with Gasteiger partial charge in [-0.25, -0.2) is 0 Å². The standard InChI is InChI=1S/C20H21BrN4O2S/c1-13-4-7-16(8-5-13)27-11-18-23-24-20(25(18)3)28-12-19(26)22-15-6-9-17(21)14(2)10-15/h4-10H,11-12H2,1-3H3,(H,22,26). The molecule has 3 rings (SSSR count). The summed E-state index contributed by atoms with van der Waals surface area (Å²) in [5, 5.41) is 11.9. The molecule has 0 aliphatic rings. The van der Waals surface area contributed by atoms with Crippen molar-refractivity contribution in [3.8, 4) is 5.75 Å². The van der Waals surface area contributed by atoms with E-state index in [0.29, 0.717) is 17.6 Å². The fourth-order valence-corrected chi connectivity index (χ4v) is 3.41. The molecule has 6 nitrogen and oxygen atoms in total. The second-order valence-electron chi connectivity index (χ2n) is 6.36. The number of benzene rings is 2. The van der Waals surface area contributed by atoms with Crippen LogP contribution in [0.1, 0.15) is 17.0 Å². The highest BCUT2D eigenvalue weighted by atomic mass is 79.9. The van der Waals surface area contributed by atoms with Crippen molar-refractivity contribution in [2.24, 2.45) is 7.05 Å². The molecule has 1 heterocycles. The van der Waals surface area contributed by atoms with E-state index in [0.717, 1.165) is 21.5 Å². The molecule has 0 fully saturated rings. The Labute approximate surface area is 176 Å². The zero-order valence-electron chi connectivity index (χ0n) is 15.9. The molecule has 0 radical (unpaired) electrons. The van der Waals surface area contributed by atoms with Crippen LogP contribution in [0.3, 0.4) is 0 Å². The minimum atomic E-state index is -0.0906. The van der Waals surface area contributed by atoms with Gasteiger partial charge in [-0.05, 0) is 49.7 Å². The van der Waals surface area contributed by atoms with E-state index in [1.807, 2.05) is 67.9 Å².